The molecule has 2 aromatic rings. The summed E-state index contributed by atoms with van der Waals surface area (Å²) in [5.41, 5.74) is 1.23. The van der Waals surface area contributed by atoms with Gasteiger partial charge >= 0.3 is 0 Å². The third kappa shape index (κ3) is 3.35. The van der Waals surface area contributed by atoms with E-state index in [0.29, 0.717) is 25.3 Å². The molecule has 3 rings (SSSR count). The predicted molar refractivity (Wildman–Crippen MR) is 84.4 cm³/mol. The Labute approximate surface area is 147 Å². The second-order valence-corrected chi connectivity index (χ2v) is 6.25. The van der Waals surface area contributed by atoms with Gasteiger partial charge in [-0.1, -0.05) is 5.21 Å². The van der Waals surface area contributed by atoms with Crippen molar-refractivity contribution in [1.82, 2.24) is 19.9 Å². The first-order chi connectivity index (χ1) is 11.9. The van der Waals surface area contributed by atoms with Gasteiger partial charge in [-0.15, -0.1) is 16.7 Å². The van der Waals surface area contributed by atoms with Crippen molar-refractivity contribution in [3.63, 3.8) is 0 Å². The molecule has 1 aromatic heterocycles. The summed E-state index contributed by atoms with van der Waals surface area (Å²) in [5, 5.41) is 8.01. The highest BCUT2D eigenvalue weighted by molar-refractivity contribution is 6.27. The Balaban J connectivity index is 1.89. The average molecular weight is 373 g/mol. The lowest BCUT2D eigenvalue weighted by Gasteiger charge is -2.33. The number of carbonyl (C=O) groups is 1. The van der Waals surface area contributed by atoms with E-state index in [1.165, 1.54) is 4.90 Å². The van der Waals surface area contributed by atoms with Gasteiger partial charge in [0.05, 0.1) is 17.9 Å². The number of nitrogens with zero attached hydrogens (tertiary/aromatic N) is 4. The Kier molecular flexibility index (Phi) is 4.99. The quantitative estimate of drug-likeness (QED) is 0.611. The van der Waals surface area contributed by atoms with Crippen LogP contribution in [0.2, 0.25) is 0 Å². The number of hydrogen-bond donors (Lipinski definition) is 0. The Bertz CT molecular complexity index is 811. The van der Waals surface area contributed by atoms with Crippen LogP contribution >= 0.6 is 11.6 Å². The average Bonchev–Trinajstić information content (AvgIpc) is 2.98. The zero-order chi connectivity index (χ0) is 18.1. The molecular formula is C16H16ClF3N4O. The zero-order valence-electron chi connectivity index (χ0n) is 13.5. The number of aromatic nitrogens is 3. The second kappa shape index (κ2) is 7.03. The van der Waals surface area contributed by atoms with Gasteiger partial charge in [0.25, 0.3) is 0 Å². The van der Waals surface area contributed by atoms with Crippen molar-refractivity contribution in [2.75, 3.05) is 5.88 Å². The molecule has 9 heteroatoms. The van der Waals surface area contributed by atoms with Crippen LogP contribution in [0.3, 0.4) is 0 Å². The van der Waals surface area contributed by atoms with Gasteiger partial charge in [-0.2, -0.15) is 0 Å². The number of aryl methyl sites for hydroxylation is 1. The number of alkyl halides is 1. The third-order valence-electron chi connectivity index (χ3n) is 4.51. The summed E-state index contributed by atoms with van der Waals surface area (Å²) in [6, 6.07) is 1.23. The minimum atomic E-state index is -1.29. The second-order valence-electron chi connectivity index (χ2n) is 5.98. The molecule has 1 aliphatic carbocycles. The first-order valence-corrected chi connectivity index (χ1v) is 8.31. The number of amides is 1. The lowest BCUT2D eigenvalue weighted by Crippen LogP contribution is -2.44. The Morgan fingerprint density at radius 3 is 2.80 bits per heavy atom. The molecule has 0 spiro atoms. The Morgan fingerprint density at radius 2 is 2.08 bits per heavy atom. The molecule has 1 amide bonds. The molecule has 1 aromatic carbocycles. The summed E-state index contributed by atoms with van der Waals surface area (Å²) < 4.78 is 43.1. The van der Waals surface area contributed by atoms with Crippen molar-refractivity contribution >= 4 is 17.5 Å². The molecule has 25 heavy (non-hydrogen) atoms. The van der Waals surface area contributed by atoms with Gasteiger partial charge in [-0.25, -0.2) is 13.2 Å². The largest absolute Gasteiger partial charge is 0.334 e. The van der Waals surface area contributed by atoms with Crippen molar-refractivity contribution in [1.29, 1.82) is 0 Å². The molecule has 0 saturated heterocycles. The number of halogens is 4. The SMILES string of the molecule is Cn1nnc2c1CCC(N(Cc1c(F)ccc(F)c1F)C(=O)CCl)C2. The Morgan fingerprint density at radius 1 is 1.36 bits per heavy atom. The van der Waals surface area contributed by atoms with E-state index in [-0.39, 0.29) is 18.5 Å². The van der Waals surface area contributed by atoms with E-state index in [2.05, 4.69) is 10.3 Å². The minimum Gasteiger partial charge on any atom is -0.334 e. The maximum atomic E-state index is 14.0. The van der Waals surface area contributed by atoms with Crippen LogP contribution in [-0.2, 0) is 31.2 Å². The van der Waals surface area contributed by atoms with Crippen LogP contribution in [0.25, 0.3) is 0 Å². The molecule has 1 atom stereocenters. The van der Waals surface area contributed by atoms with Gasteiger partial charge in [0.15, 0.2) is 11.6 Å². The van der Waals surface area contributed by atoms with Crippen molar-refractivity contribution in [3.8, 4) is 0 Å². The summed E-state index contributed by atoms with van der Waals surface area (Å²) >= 11 is 5.66. The number of hydrogen-bond acceptors (Lipinski definition) is 3. The Hall–Kier alpha value is -2.09. The molecule has 134 valence electrons. The number of benzene rings is 1. The van der Waals surface area contributed by atoms with Crippen LogP contribution in [0.1, 0.15) is 23.4 Å². The van der Waals surface area contributed by atoms with E-state index < -0.39 is 28.9 Å². The molecule has 0 aliphatic heterocycles. The molecule has 1 aliphatic rings. The van der Waals surface area contributed by atoms with Gasteiger partial charge in [0, 0.05) is 25.1 Å². The molecular weight excluding hydrogens is 357 g/mol. The van der Waals surface area contributed by atoms with E-state index in [0.717, 1.165) is 17.5 Å². The minimum absolute atomic E-state index is 0.331. The fourth-order valence-corrected chi connectivity index (χ4v) is 3.31. The fourth-order valence-electron chi connectivity index (χ4n) is 3.16. The van der Waals surface area contributed by atoms with Crippen LogP contribution in [0.15, 0.2) is 12.1 Å². The van der Waals surface area contributed by atoms with Crippen molar-refractivity contribution < 1.29 is 18.0 Å². The monoisotopic (exact) mass is 372 g/mol. The van der Waals surface area contributed by atoms with Gasteiger partial charge in [-0.3, -0.25) is 9.48 Å². The summed E-state index contributed by atoms with van der Waals surface area (Å²) in [6.07, 6.45) is 1.61. The highest BCUT2D eigenvalue weighted by atomic mass is 35.5. The number of fused-ring (bicyclic) bond motifs is 1. The first-order valence-electron chi connectivity index (χ1n) is 7.77. The first kappa shape index (κ1) is 17.7. The molecule has 0 fully saturated rings. The molecule has 1 heterocycles. The van der Waals surface area contributed by atoms with Crippen LogP contribution in [0.5, 0.6) is 0 Å². The highest BCUT2D eigenvalue weighted by Gasteiger charge is 2.31. The van der Waals surface area contributed by atoms with Gasteiger partial charge < -0.3 is 4.90 Å². The smallest absolute Gasteiger partial charge is 0.238 e. The lowest BCUT2D eigenvalue weighted by atomic mass is 9.94. The molecule has 0 radical (unpaired) electrons. The van der Waals surface area contributed by atoms with E-state index in [1.54, 1.807) is 11.7 Å². The van der Waals surface area contributed by atoms with E-state index in [1.807, 2.05) is 0 Å². The van der Waals surface area contributed by atoms with Gasteiger partial charge in [-0.05, 0) is 25.0 Å². The zero-order valence-corrected chi connectivity index (χ0v) is 14.2. The fraction of sp³-hybridized carbons (Fsp3) is 0.438. The predicted octanol–water partition coefficient (Wildman–Crippen LogP) is 2.36. The van der Waals surface area contributed by atoms with E-state index >= 15 is 0 Å². The van der Waals surface area contributed by atoms with Crippen LogP contribution in [0, 0.1) is 17.5 Å². The summed E-state index contributed by atoms with van der Waals surface area (Å²) in [4.78, 5) is 13.6. The van der Waals surface area contributed by atoms with Crippen LogP contribution in [0.4, 0.5) is 13.2 Å². The topological polar surface area (TPSA) is 51.0 Å². The van der Waals surface area contributed by atoms with Gasteiger partial charge in [0.1, 0.15) is 11.7 Å². The normalized spacial score (nSPS) is 16.6. The standard InChI is InChI=1S/C16H16ClF3N4O/c1-23-14-5-2-9(6-13(14)21-22-23)24(15(25)7-17)8-10-11(18)3-4-12(19)16(10)20/h3-4,9H,2,5-8H2,1H3. The summed E-state index contributed by atoms with van der Waals surface area (Å²) in [6.45, 7) is -0.388. The maximum absolute atomic E-state index is 14.0. The number of carbonyl (C=O) groups excluding carboxylic acids is 1. The molecule has 0 N–H and O–H groups in total. The van der Waals surface area contributed by atoms with Gasteiger partial charge in [0.2, 0.25) is 5.91 Å². The van der Waals surface area contributed by atoms with Crippen LogP contribution in [-0.4, -0.2) is 37.7 Å². The van der Waals surface area contributed by atoms with Crippen LogP contribution < -0.4 is 0 Å². The number of rotatable bonds is 4. The van der Waals surface area contributed by atoms with Crippen molar-refractivity contribution in [3.05, 3.63) is 46.5 Å². The maximum Gasteiger partial charge on any atom is 0.238 e. The van der Waals surface area contributed by atoms with Crippen molar-refractivity contribution in [2.45, 2.75) is 31.8 Å². The molecule has 5 nitrogen and oxygen atoms in total. The van der Waals surface area contributed by atoms with E-state index in [9.17, 15) is 18.0 Å². The molecule has 0 saturated carbocycles. The molecule has 0 bridgehead atoms. The summed E-state index contributed by atoms with van der Waals surface area (Å²) in [5.74, 6) is -4.15. The third-order valence-corrected chi connectivity index (χ3v) is 4.74. The highest BCUT2D eigenvalue weighted by Crippen LogP contribution is 2.26. The molecule has 1 unspecified atom stereocenters. The lowest BCUT2D eigenvalue weighted by molar-refractivity contribution is -0.131. The summed E-state index contributed by atoms with van der Waals surface area (Å²) in [7, 11) is 1.78. The van der Waals surface area contributed by atoms with E-state index in [4.69, 9.17) is 11.6 Å². The van der Waals surface area contributed by atoms with Crippen molar-refractivity contribution in [2.24, 2.45) is 7.05 Å².